The molecule has 1 unspecified atom stereocenters. The van der Waals surface area contributed by atoms with Crippen LogP contribution in [-0.2, 0) is 25.6 Å². The first-order chi connectivity index (χ1) is 21.4. The minimum Gasteiger partial charge on any atom is -1.00 e. The second-order valence-corrected chi connectivity index (χ2v) is 11.2. The van der Waals surface area contributed by atoms with Crippen LogP contribution in [0.4, 0.5) is 9.59 Å². The lowest BCUT2D eigenvalue weighted by Crippen LogP contribution is -3.00. The zero-order chi connectivity index (χ0) is 32.3. The third-order valence-electron chi connectivity index (χ3n) is 7.51. The van der Waals surface area contributed by atoms with Crippen LogP contribution >= 0.6 is 0 Å². The van der Waals surface area contributed by atoms with Gasteiger partial charge in [0.2, 0.25) is 0 Å². The minimum atomic E-state index is -1.07. The van der Waals surface area contributed by atoms with E-state index >= 15 is 0 Å². The maximum atomic E-state index is 12.5. The quantitative estimate of drug-likeness (QED) is 0.0360. The van der Waals surface area contributed by atoms with Crippen LogP contribution in [0.1, 0.15) is 140 Å². The summed E-state index contributed by atoms with van der Waals surface area (Å²) in [6.07, 6.45) is 21.8. The molecule has 1 heterocycles. The van der Waals surface area contributed by atoms with Gasteiger partial charge in [0.1, 0.15) is 18.7 Å². The van der Waals surface area contributed by atoms with Gasteiger partial charge in [0.25, 0.3) is 6.29 Å². The molecule has 260 valence electrons. The Morgan fingerprint density at radius 1 is 0.822 bits per heavy atom. The van der Waals surface area contributed by atoms with Crippen LogP contribution in [0.25, 0.3) is 0 Å². The number of carbonyl (C=O) groups is 3. The van der Waals surface area contributed by atoms with E-state index < -0.39 is 24.4 Å². The van der Waals surface area contributed by atoms with Crippen LogP contribution in [0, 0.1) is 0 Å². The molecule has 0 aliphatic carbocycles. The van der Waals surface area contributed by atoms with Crippen LogP contribution in [0.15, 0.2) is 24.5 Å². The van der Waals surface area contributed by atoms with E-state index in [1.165, 1.54) is 90.6 Å². The molecule has 0 aliphatic rings. The molecule has 0 spiro atoms. The van der Waals surface area contributed by atoms with Crippen molar-refractivity contribution in [3.8, 4) is 0 Å². The van der Waals surface area contributed by atoms with Gasteiger partial charge in [-0.2, -0.15) is 5.06 Å². The fourth-order valence-corrected chi connectivity index (χ4v) is 4.80. The Morgan fingerprint density at radius 2 is 1.38 bits per heavy atom. The van der Waals surface area contributed by atoms with E-state index in [2.05, 4.69) is 12.2 Å². The molecule has 0 saturated heterocycles. The predicted molar refractivity (Wildman–Crippen MR) is 171 cm³/mol. The zero-order valence-electron chi connectivity index (χ0n) is 28.4. The summed E-state index contributed by atoms with van der Waals surface area (Å²) in [5.74, 6) is -0.479. The Bertz CT molecular complexity index is 906. The third kappa shape index (κ3) is 22.1. The number of hydrogen-bond acceptors (Lipinski definition) is 7. The SMILES string of the molecule is CCCCCCCCCCCCCCCCCCN(OC)C(=O)OC(CC)OC(=O)NCCOC(=O)c1ccc[n+](CC)c1.[I-]. The second-order valence-electron chi connectivity index (χ2n) is 11.2. The number of hydroxylamine groups is 2. The standard InChI is InChI=1S/C34H59N3O7.HI/c1-5-8-9-10-11-12-13-14-15-16-17-18-19-20-21-22-27-37(41-4)34(40)44-31(6-2)43-33(39)35-25-28-42-32(38)30-24-23-26-36(7-3)29-30;/h23-24,26,29,31H,5-22,25,27-28H2,1-4H3;1H. The lowest BCUT2D eigenvalue weighted by Gasteiger charge is -2.23. The number of unbranched alkanes of at least 4 members (excludes halogenated alkanes) is 15. The van der Waals surface area contributed by atoms with E-state index in [0.29, 0.717) is 12.1 Å². The third-order valence-corrected chi connectivity index (χ3v) is 7.51. The summed E-state index contributed by atoms with van der Waals surface area (Å²) < 4.78 is 17.6. The van der Waals surface area contributed by atoms with Crippen molar-refractivity contribution >= 4 is 18.2 Å². The number of esters is 1. The molecule has 1 aromatic heterocycles. The molecule has 45 heavy (non-hydrogen) atoms. The van der Waals surface area contributed by atoms with Crippen molar-refractivity contribution in [2.24, 2.45) is 0 Å². The first-order valence-electron chi connectivity index (χ1n) is 17.1. The van der Waals surface area contributed by atoms with Gasteiger partial charge in [0.05, 0.1) is 20.2 Å². The number of ether oxygens (including phenoxy) is 3. The number of halogens is 1. The highest BCUT2D eigenvalue weighted by atomic mass is 127. The molecule has 1 aromatic rings. The Labute approximate surface area is 289 Å². The molecule has 1 rings (SSSR count). The molecular weight excluding hydrogens is 689 g/mol. The second kappa shape index (κ2) is 29.3. The van der Waals surface area contributed by atoms with Gasteiger partial charge in [-0.25, -0.2) is 19.0 Å². The van der Waals surface area contributed by atoms with E-state index in [-0.39, 0.29) is 43.5 Å². The highest BCUT2D eigenvalue weighted by Crippen LogP contribution is 2.14. The lowest BCUT2D eigenvalue weighted by atomic mass is 10.0. The number of amides is 2. The van der Waals surface area contributed by atoms with Gasteiger partial charge in [0, 0.05) is 12.5 Å². The highest BCUT2D eigenvalue weighted by molar-refractivity contribution is 5.88. The summed E-state index contributed by atoms with van der Waals surface area (Å²) in [4.78, 5) is 42.1. The summed E-state index contributed by atoms with van der Waals surface area (Å²) in [7, 11) is 1.42. The molecule has 0 aliphatic heterocycles. The van der Waals surface area contributed by atoms with Crippen molar-refractivity contribution in [2.75, 3.05) is 26.8 Å². The van der Waals surface area contributed by atoms with Gasteiger partial charge in [-0.05, 0) is 19.4 Å². The van der Waals surface area contributed by atoms with Crippen LogP contribution < -0.4 is 33.9 Å². The van der Waals surface area contributed by atoms with Crippen LogP contribution in [0.3, 0.4) is 0 Å². The number of nitrogens with one attached hydrogen (secondary N) is 1. The van der Waals surface area contributed by atoms with Gasteiger partial charge < -0.3 is 43.5 Å². The maximum absolute atomic E-state index is 12.5. The largest absolute Gasteiger partial charge is 1.00 e. The van der Waals surface area contributed by atoms with Gasteiger partial charge in [-0.3, -0.25) is 4.84 Å². The molecule has 11 heteroatoms. The van der Waals surface area contributed by atoms with E-state index in [4.69, 9.17) is 19.0 Å². The lowest BCUT2D eigenvalue weighted by molar-refractivity contribution is -0.693. The highest BCUT2D eigenvalue weighted by Gasteiger charge is 2.22. The average Bonchev–Trinajstić information content (AvgIpc) is 3.04. The van der Waals surface area contributed by atoms with Gasteiger partial charge >= 0.3 is 18.2 Å². The number of hydrogen-bond donors (Lipinski definition) is 1. The molecule has 10 nitrogen and oxygen atoms in total. The average molecular weight is 750 g/mol. The first-order valence-corrected chi connectivity index (χ1v) is 17.1. The Hall–Kier alpha value is -2.15. The Balaban J connectivity index is 0.0000194. The number of carbonyl (C=O) groups excluding carboxylic acids is 3. The fraction of sp³-hybridized carbons (Fsp3) is 0.765. The number of aromatic nitrogens is 1. The Morgan fingerprint density at radius 3 is 1.89 bits per heavy atom. The van der Waals surface area contributed by atoms with E-state index in [0.717, 1.165) is 30.9 Å². The fourth-order valence-electron chi connectivity index (χ4n) is 4.80. The summed E-state index contributed by atoms with van der Waals surface area (Å²) in [5.41, 5.74) is 0.428. The Kier molecular flexibility index (Phi) is 27.9. The van der Waals surface area contributed by atoms with Crippen molar-refractivity contribution in [1.82, 2.24) is 10.4 Å². The van der Waals surface area contributed by atoms with Crippen LogP contribution in [0.5, 0.6) is 0 Å². The summed E-state index contributed by atoms with van der Waals surface area (Å²) in [6, 6.07) is 3.44. The minimum absolute atomic E-state index is 0. The number of alkyl carbamates (subject to hydrolysis) is 1. The molecule has 2 amide bonds. The molecule has 0 saturated carbocycles. The molecule has 0 radical (unpaired) electrons. The van der Waals surface area contributed by atoms with Crippen molar-refractivity contribution in [2.45, 2.75) is 143 Å². The number of aryl methyl sites for hydroxylation is 1. The monoisotopic (exact) mass is 749 g/mol. The van der Waals surface area contributed by atoms with Gasteiger partial charge in [-0.1, -0.05) is 110 Å². The van der Waals surface area contributed by atoms with Crippen molar-refractivity contribution < 1.29 is 62.0 Å². The first kappa shape index (κ1) is 42.9. The van der Waals surface area contributed by atoms with Crippen molar-refractivity contribution in [3.05, 3.63) is 30.1 Å². The van der Waals surface area contributed by atoms with E-state index in [1.54, 1.807) is 25.3 Å². The molecule has 0 bridgehead atoms. The topological polar surface area (TPSA) is 107 Å². The van der Waals surface area contributed by atoms with Crippen molar-refractivity contribution in [1.29, 1.82) is 0 Å². The van der Waals surface area contributed by atoms with Gasteiger partial charge in [-0.15, -0.1) is 0 Å². The normalized spacial score (nSPS) is 11.3. The van der Waals surface area contributed by atoms with E-state index in [1.807, 2.05) is 17.7 Å². The van der Waals surface area contributed by atoms with Gasteiger partial charge in [0.15, 0.2) is 12.4 Å². The zero-order valence-corrected chi connectivity index (χ0v) is 30.5. The molecule has 0 fully saturated rings. The maximum Gasteiger partial charge on any atom is 0.437 e. The smallest absolute Gasteiger partial charge is 0.437 e. The van der Waals surface area contributed by atoms with E-state index in [9.17, 15) is 14.4 Å². The molecule has 0 aromatic carbocycles. The summed E-state index contributed by atoms with van der Waals surface area (Å²) in [6.45, 7) is 7.14. The number of rotatable bonds is 26. The summed E-state index contributed by atoms with van der Waals surface area (Å²) >= 11 is 0. The predicted octanol–water partition coefficient (Wildman–Crippen LogP) is 4.88. The van der Waals surface area contributed by atoms with Crippen molar-refractivity contribution in [3.63, 3.8) is 0 Å². The van der Waals surface area contributed by atoms with Crippen LogP contribution in [0.2, 0.25) is 0 Å². The molecular formula is C34H60IN3O7. The number of nitrogens with zero attached hydrogens (tertiary/aromatic N) is 2. The van der Waals surface area contributed by atoms with Crippen LogP contribution in [-0.4, -0.2) is 56.3 Å². The summed E-state index contributed by atoms with van der Waals surface area (Å²) in [5, 5.41) is 3.65. The number of pyridine rings is 1. The molecule has 1 N–H and O–H groups in total. The molecule has 1 atom stereocenters.